The van der Waals surface area contributed by atoms with Crippen molar-refractivity contribution in [2.45, 2.75) is 20.1 Å². The Kier molecular flexibility index (Phi) is 3.80. The summed E-state index contributed by atoms with van der Waals surface area (Å²) in [6.45, 7) is 3.16. The van der Waals surface area contributed by atoms with Crippen molar-refractivity contribution in [2.24, 2.45) is 0 Å². The summed E-state index contributed by atoms with van der Waals surface area (Å²) in [5.41, 5.74) is 0. The summed E-state index contributed by atoms with van der Waals surface area (Å²) in [5, 5.41) is 24.8. The Morgan fingerprint density at radius 3 is 2.09 bits per heavy atom. The van der Waals surface area contributed by atoms with Gasteiger partial charge in [0.25, 0.3) is 0 Å². The van der Waals surface area contributed by atoms with E-state index in [1.807, 2.05) is 0 Å². The first kappa shape index (κ1) is 10.2. The normalized spacial score (nSPS) is 12.5. The van der Waals surface area contributed by atoms with Gasteiger partial charge in [-0.3, -0.25) is 15.3 Å². The summed E-state index contributed by atoms with van der Waals surface area (Å²) >= 11 is 0. The van der Waals surface area contributed by atoms with Gasteiger partial charge in [0.15, 0.2) is 0 Å². The third kappa shape index (κ3) is 2.71. The third-order valence-electron chi connectivity index (χ3n) is 1.21. The van der Waals surface area contributed by atoms with Gasteiger partial charge in [-0.25, -0.2) is 4.79 Å². The zero-order chi connectivity index (χ0) is 9.02. The SMILES string of the molecule is CCN(C(=O)N(O)O)C(C)O. The molecular formula is C5H12N2O4. The maximum absolute atomic E-state index is 10.7. The quantitative estimate of drug-likeness (QED) is 0.301. The monoisotopic (exact) mass is 164 g/mol. The van der Waals surface area contributed by atoms with Gasteiger partial charge >= 0.3 is 6.03 Å². The summed E-state index contributed by atoms with van der Waals surface area (Å²) in [4.78, 5) is 11.6. The Bertz CT molecular complexity index is 136. The van der Waals surface area contributed by atoms with Gasteiger partial charge in [0, 0.05) is 6.54 Å². The number of urea groups is 1. The van der Waals surface area contributed by atoms with Crippen LogP contribution in [0.3, 0.4) is 0 Å². The number of amides is 2. The molecule has 0 aliphatic heterocycles. The maximum atomic E-state index is 10.7. The van der Waals surface area contributed by atoms with E-state index in [0.29, 0.717) is 0 Å². The Balaban J connectivity index is 4.15. The summed E-state index contributed by atoms with van der Waals surface area (Å²) in [6.07, 6.45) is -1.03. The smallest absolute Gasteiger partial charge is 0.371 e. The van der Waals surface area contributed by atoms with Crippen molar-refractivity contribution in [3.63, 3.8) is 0 Å². The summed E-state index contributed by atoms with van der Waals surface area (Å²) in [5.74, 6) is 0. The van der Waals surface area contributed by atoms with E-state index in [-0.39, 0.29) is 6.54 Å². The third-order valence-corrected chi connectivity index (χ3v) is 1.21. The van der Waals surface area contributed by atoms with Gasteiger partial charge in [0.1, 0.15) is 6.23 Å². The molecule has 6 heteroatoms. The molecule has 11 heavy (non-hydrogen) atoms. The summed E-state index contributed by atoms with van der Waals surface area (Å²) < 4.78 is 0. The molecule has 2 amide bonds. The van der Waals surface area contributed by atoms with E-state index in [1.165, 1.54) is 6.92 Å². The van der Waals surface area contributed by atoms with Gasteiger partial charge in [-0.2, -0.15) is 0 Å². The van der Waals surface area contributed by atoms with Crippen molar-refractivity contribution < 1.29 is 20.3 Å². The van der Waals surface area contributed by atoms with Crippen LogP contribution in [0.4, 0.5) is 4.79 Å². The van der Waals surface area contributed by atoms with Gasteiger partial charge in [0.2, 0.25) is 0 Å². The number of aliphatic hydroxyl groups excluding tert-OH is 1. The second kappa shape index (κ2) is 4.12. The highest BCUT2D eigenvalue weighted by Crippen LogP contribution is 1.98. The molecule has 0 fully saturated rings. The number of hydrogen-bond acceptors (Lipinski definition) is 4. The van der Waals surface area contributed by atoms with E-state index in [2.05, 4.69) is 0 Å². The van der Waals surface area contributed by atoms with Crippen molar-refractivity contribution >= 4 is 6.03 Å². The topological polar surface area (TPSA) is 84.2 Å². The van der Waals surface area contributed by atoms with E-state index in [4.69, 9.17) is 15.5 Å². The fourth-order valence-electron chi connectivity index (χ4n) is 0.674. The molecule has 0 aromatic carbocycles. The lowest BCUT2D eigenvalue weighted by atomic mass is 10.5. The minimum atomic E-state index is -1.05. The highest BCUT2D eigenvalue weighted by atomic mass is 16.8. The zero-order valence-electron chi connectivity index (χ0n) is 6.43. The highest BCUT2D eigenvalue weighted by Gasteiger charge is 2.20. The molecule has 0 heterocycles. The van der Waals surface area contributed by atoms with E-state index in [1.54, 1.807) is 6.92 Å². The predicted molar refractivity (Wildman–Crippen MR) is 34.9 cm³/mol. The molecule has 0 aromatic rings. The molecular weight excluding hydrogens is 152 g/mol. The van der Waals surface area contributed by atoms with Crippen LogP contribution in [0, 0.1) is 0 Å². The van der Waals surface area contributed by atoms with Gasteiger partial charge in [-0.1, -0.05) is 5.23 Å². The van der Waals surface area contributed by atoms with Crippen molar-refractivity contribution in [3.05, 3.63) is 0 Å². The Labute approximate surface area is 64.2 Å². The highest BCUT2D eigenvalue weighted by molar-refractivity contribution is 5.71. The number of aliphatic hydroxyl groups is 1. The molecule has 0 saturated carbocycles. The first-order valence-corrected chi connectivity index (χ1v) is 3.17. The zero-order valence-corrected chi connectivity index (χ0v) is 6.43. The first-order valence-electron chi connectivity index (χ1n) is 3.17. The van der Waals surface area contributed by atoms with Crippen LogP contribution in [0.1, 0.15) is 13.8 Å². The van der Waals surface area contributed by atoms with E-state index in [9.17, 15) is 4.79 Å². The minimum Gasteiger partial charge on any atom is -0.374 e. The molecule has 0 aliphatic carbocycles. The van der Waals surface area contributed by atoms with Crippen LogP contribution in [0.2, 0.25) is 0 Å². The second-order valence-corrected chi connectivity index (χ2v) is 1.99. The largest absolute Gasteiger partial charge is 0.374 e. The molecule has 0 aliphatic rings. The summed E-state index contributed by atoms with van der Waals surface area (Å²) in [7, 11) is 0. The number of hydroxylamine groups is 2. The van der Waals surface area contributed by atoms with Crippen LogP contribution in [0.5, 0.6) is 0 Å². The van der Waals surface area contributed by atoms with E-state index >= 15 is 0 Å². The van der Waals surface area contributed by atoms with Gasteiger partial charge in [-0.05, 0) is 13.8 Å². The number of carbonyl (C=O) groups is 1. The summed E-state index contributed by atoms with van der Waals surface area (Å²) in [6, 6.07) is -1.05. The molecule has 0 radical (unpaired) electrons. The van der Waals surface area contributed by atoms with Crippen LogP contribution in [0.15, 0.2) is 0 Å². The maximum Gasteiger partial charge on any atom is 0.371 e. The predicted octanol–water partition coefficient (Wildman–Crippen LogP) is -0.153. The molecule has 0 saturated heterocycles. The molecule has 66 valence electrons. The first-order chi connectivity index (χ1) is 5.00. The van der Waals surface area contributed by atoms with Crippen LogP contribution < -0.4 is 0 Å². The van der Waals surface area contributed by atoms with Crippen molar-refractivity contribution in [2.75, 3.05) is 6.54 Å². The second-order valence-electron chi connectivity index (χ2n) is 1.99. The van der Waals surface area contributed by atoms with Crippen molar-refractivity contribution in [1.82, 2.24) is 10.1 Å². The Morgan fingerprint density at radius 2 is 2.00 bits per heavy atom. The number of rotatable bonds is 2. The lowest BCUT2D eigenvalue weighted by molar-refractivity contribution is -0.267. The molecule has 6 nitrogen and oxygen atoms in total. The van der Waals surface area contributed by atoms with Crippen LogP contribution >= 0.6 is 0 Å². The fourth-order valence-corrected chi connectivity index (χ4v) is 0.674. The minimum absolute atomic E-state index is 0.203. The number of carbonyl (C=O) groups excluding carboxylic acids is 1. The van der Waals surface area contributed by atoms with Gasteiger partial charge < -0.3 is 5.11 Å². The molecule has 0 rings (SSSR count). The Morgan fingerprint density at radius 1 is 1.55 bits per heavy atom. The van der Waals surface area contributed by atoms with Crippen LogP contribution in [-0.2, 0) is 0 Å². The average molecular weight is 164 g/mol. The number of nitrogens with zero attached hydrogens (tertiary/aromatic N) is 2. The standard InChI is InChI=1S/C5H12N2O4/c1-3-6(4(2)8)5(9)7(10)11/h4,8,10-11H,3H2,1-2H3. The molecule has 0 spiro atoms. The van der Waals surface area contributed by atoms with Gasteiger partial charge in [-0.15, -0.1) is 0 Å². The Hall–Kier alpha value is -0.850. The molecule has 0 bridgehead atoms. The molecule has 3 N–H and O–H groups in total. The molecule has 1 unspecified atom stereocenters. The molecule has 0 aromatic heterocycles. The van der Waals surface area contributed by atoms with Crippen LogP contribution in [-0.4, -0.2) is 44.5 Å². The van der Waals surface area contributed by atoms with Gasteiger partial charge in [0.05, 0.1) is 0 Å². The fraction of sp³-hybridized carbons (Fsp3) is 0.800. The molecule has 1 atom stereocenters. The van der Waals surface area contributed by atoms with E-state index in [0.717, 1.165) is 4.90 Å². The average Bonchev–Trinajstić information content (AvgIpc) is 1.88. The van der Waals surface area contributed by atoms with Crippen molar-refractivity contribution in [1.29, 1.82) is 0 Å². The van der Waals surface area contributed by atoms with E-state index < -0.39 is 17.5 Å². The van der Waals surface area contributed by atoms with Crippen molar-refractivity contribution in [3.8, 4) is 0 Å². The number of hydrogen-bond donors (Lipinski definition) is 3. The lowest BCUT2D eigenvalue weighted by Crippen LogP contribution is -2.44. The van der Waals surface area contributed by atoms with Crippen LogP contribution in [0.25, 0.3) is 0 Å². The lowest BCUT2D eigenvalue weighted by Gasteiger charge is -2.24.